The van der Waals surface area contributed by atoms with Crippen molar-refractivity contribution < 1.29 is 17.9 Å². The van der Waals surface area contributed by atoms with E-state index in [-0.39, 0.29) is 6.04 Å². The van der Waals surface area contributed by atoms with E-state index in [0.717, 1.165) is 16.9 Å². The third-order valence-electron chi connectivity index (χ3n) is 4.25. The van der Waals surface area contributed by atoms with Crippen molar-refractivity contribution in [3.63, 3.8) is 0 Å². The fourth-order valence-electron chi connectivity index (χ4n) is 2.47. The Kier molecular flexibility index (Phi) is 7.79. The Labute approximate surface area is 162 Å². The zero-order chi connectivity index (χ0) is 19.9. The van der Waals surface area contributed by atoms with E-state index in [1.54, 1.807) is 19.2 Å². The molecule has 0 amide bonds. The summed E-state index contributed by atoms with van der Waals surface area (Å²) in [4.78, 5) is 0.299. The number of nitrogens with one attached hydrogen (secondary N) is 1. The van der Waals surface area contributed by atoms with Gasteiger partial charge in [-0.25, -0.2) is 12.7 Å². The van der Waals surface area contributed by atoms with Crippen LogP contribution in [0.5, 0.6) is 5.75 Å². The maximum Gasteiger partial charge on any atom is 0.242 e. The van der Waals surface area contributed by atoms with Crippen molar-refractivity contribution in [3.8, 4) is 5.75 Å². The first-order valence-electron chi connectivity index (χ1n) is 8.81. The van der Waals surface area contributed by atoms with Crippen LogP contribution in [0.4, 0.5) is 0 Å². The lowest BCUT2D eigenvalue weighted by Gasteiger charge is -2.16. The van der Waals surface area contributed by atoms with Gasteiger partial charge in [0.2, 0.25) is 10.0 Å². The van der Waals surface area contributed by atoms with Crippen LogP contribution in [0.25, 0.3) is 0 Å². The molecule has 0 aromatic heterocycles. The third-order valence-corrected chi connectivity index (χ3v) is 6.08. The van der Waals surface area contributed by atoms with Gasteiger partial charge in [0.1, 0.15) is 12.4 Å². The molecule has 0 aliphatic carbocycles. The second-order valence-electron chi connectivity index (χ2n) is 6.44. The monoisotopic (exact) mass is 392 g/mol. The molecule has 1 atom stereocenters. The molecule has 0 aliphatic rings. The minimum atomic E-state index is -3.39. The molecule has 6 nitrogen and oxygen atoms in total. The first kappa shape index (κ1) is 21.4. The number of methoxy groups -OCH3 is 1. The van der Waals surface area contributed by atoms with Crippen molar-refractivity contribution in [1.82, 2.24) is 9.62 Å². The summed E-state index contributed by atoms with van der Waals surface area (Å²) in [6.07, 6.45) is 0. The highest BCUT2D eigenvalue weighted by Crippen LogP contribution is 2.19. The summed E-state index contributed by atoms with van der Waals surface area (Å²) in [6, 6.07) is 15.0. The van der Waals surface area contributed by atoms with Gasteiger partial charge in [0.15, 0.2) is 0 Å². The van der Waals surface area contributed by atoms with E-state index in [1.807, 2.05) is 36.4 Å². The summed E-state index contributed by atoms with van der Waals surface area (Å²) < 4.78 is 36.0. The van der Waals surface area contributed by atoms with Crippen LogP contribution in [0.3, 0.4) is 0 Å². The molecule has 0 bridgehead atoms. The fourth-order valence-corrected chi connectivity index (χ4v) is 3.38. The summed E-state index contributed by atoms with van der Waals surface area (Å²) in [6.45, 7) is 3.86. The molecule has 0 heterocycles. The molecule has 1 unspecified atom stereocenters. The number of hydrogen-bond donors (Lipinski definition) is 1. The van der Waals surface area contributed by atoms with E-state index in [4.69, 9.17) is 9.47 Å². The third kappa shape index (κ3) is 6.04. The van der Waals surface area contributed by atoms with Crippen molar-refractivity contribution >= 4 is 10.0 Å². The van der Waals surface area contributed by atoms with Gasteiger partial charge < -0.3 is 14.8 Å². The number of benzene rings is 2. The maximum atomic E-state index is 12.1. The van der Waals surface area contributed by atoms with E-state index >= 15 is 0 Å². The van der Waals surface area contributed by atoms with Crippen LogP contribution in [0, 0.1) is 0 Å². The van der Waals surface area contributed by atoms with E-state index in [2.05, 4.69) is 12.2 Å². The van der Waals surface area contributed by atoms with Gasteiger partial charge >= 0.3 is 0 Å². The van der Waals surface area contributed by atoms with Gasteiger partial charge in [-0.15, -0.1) is 0 Å². The number of rotatable bonds is 10. The highest BCUT2D eigenvalue weighted by atomic mass is 32.2. The molecule has 0 aliphatic heterocycles. The van der Waals surface area contributed by atoms with Crippen LogP contribution in [0.1, 0.15) is 24.1 Å². The summed E-state index contributed by atoms with van der Waals surface area (Å²) in [5.41, 5.74) is 2.18. The number of ether oxygens (including phenoxy) is 2. The highest BCUT2D eigenvalue weighted by molar-refractivity contribution is 7.89. The molecule has 148 valence electrons. The number of sulfonamides is 1. The van der Waals surface area contributed by atoms with Crippen LogP contribution in [0.15, 0.2) is 53.4 Å². The van der Waals surface area contributed by atoms with Crippen LogP contribution in [-0.2, 0) is 21.3 Å². The first-order valence-corrected chi connectivity index (χ1v) is 10.2. The second kappa shape index (κ2) is 9.85. The second-order valence-corrected chi connectivity index (χ2v) is 8.60. The average molecular weight is 393 g/mol. The lowest BCUT2D eigenvalue weighted by atomic mass is 10.1. The Balaban J connectivity index is 1.91. The molecule has 0 fully saturated rings. The van der Waals surface area contributed by atoms with Gasteiger partial charge in [0.05, 0.1) is 11.5 Å². The maximum absolute atomic E-state index is 12.1. The lowest BCUT2D eigenvalue weighted by molar-refractivity contribution is 0.146. The van der Waals surface area contributed by atoms with Crippen molar-refractivity contribution in [1.29, 1.82) is 0 Å². The molecular formula is C20H28N2O4S. The predicted octanol–water partition coefficient (Wildman–Crippen LogP) is 2.81. The quantitative estimate of drug-likeness (QED) is 0.630. The Hall–Kier alpha value is -1.93. The zero-order valence-electron chi connectivity index (χ0n) is 16.3. The molecule has 7 heteroatoms. The molecule has 1 N–H and O–H groups in total. The van der Waals surface area contributed by atoms with Crippen molar-refractivity contribution in [3.05, 3.63) is 59.7 Å². The van der Waals surface area contributed by atoms with Gasteiger partial charge in [0.25, 0.3) is 0 Å². The van der Waals surface area contributed by atoms with Crippen LogP contribution < -0.4 is 10.1 Å². The molecular weight excluding hydrogens is 364 g/mol. The minimum absolute atomic E-state index is 0.0961. The molecule has 0 saturated heterocycles. The van der Waals surface area contributed by atoms with E-state index in [1.165, 1.54) is 18.4 Å². The minimum Gasteiger partial charge on any atom is -0.491 e. The highest BCUT2D eigenvalue weighted by Gasteiger charge is 2.17. The topological polar surface area (TPSA) is 67.9 Å². The first-order chi connectivity index (χ1) is 12.8. The normalized spacial score (nSPS) is 12.9. The summed E-state index contributed by atoms with van der Waals surface area (Å²) in [5.74, 6) is 0.821. The van der Waals surface area contributed by atoms with E-state index < -0.39 is 10.0 Å². The van der Waals surface area contributed by atoms with Crippen molar-refractivity contribution in [2.75, 3.05) is 34.4 Å². The Morgan fingerprint density at radius 1 is 1.00 bits per heavy atom. The summed E-state index contributed by atoms with van der Waals surface area (Å²) in [5, 5.41) is 3.45. The Morgan fingerprint density at radius 2 is 1.63 bits per heavy atom. The van der Waals surface area contributed by atoms with Gasteiger partial charge in [0, 0.05) is 33.8 Å². The Bertz CT molecular complexity index is 803. The SMILES string of the molecule is COCCOc1ccc(CNC(C)c2ccc(S(=O)(=O)N(C)C)cc2)cc1. The largest absolute Gasteiger partial charge is 0.491 e. The van der Waals surface area contributed by atoms with Crippen LogP contribution in [0.2, 0.25) is 0 Å². The molecule has 27 heavy (non-hydrogen) atoms. The van der Waals surface area contributed by atoms with Crippen LogP contribution in [-0.4, -0.2) is 47.1 Å². The van der Waals surface area contributed by atoms with Gasteiger partial charge in [-0.2, -0.15) is 0 Å². The molecule has 0 saturated carbocycles. The number of nitrogens with zero attached hydrogens (tertiary/aromatic N) is 1. The van der Waals surface area contributed by atoms with Gasteiger partial charge in [-0.05, 0) is 42.3 Å². The summed E-state index contributed by atoms with van der Waals surface area (Å²) in [7, 11) is 1.31. The van der Waals surface area contributed by atoms with Crippen molar-refractivity contribution in [2.24, 2.45) is 0 Å². The molecule has 2 aromatic rings. The number of hydrogen-bond acceptors (Lipinski definition) is 5. The smallest absolute Gasteiger partial charge is 0.242 e. The predicted molar refractivity (Wildman–Crippen MR) is 106 cm³/mol. The molecule has 0 spiro atoms. The zero-order valence-corrected chi connectivity index (χ0v) is 17.1. The average Bonchev–Trinajstić information content (AvgIpc) is 2.67. The lowest BCUT2D eigenvalue weighted by Crippen LogP contribution is -2.22. The molecule has 2 aromatic carbocycles. The summed E-state index contributed by atoms with van der Waals surface area (Å²) >= 11 is 0. The van der Waals surface area contributed by atoms with Gasteiger partial charge in [-0.1, -0.05) is 24.3 Å². The van der Waals surface area contributed by atoms with Crippen molar-refractivity contribution in [2.45, 2.75) is 24.4 Å². The van der Waals surface area contributed by atoms with E-state index in [0.29, 0.717) is 24.7 Å². The van der Waals surface area contributed by atoms with E-state index in [9.17, 15) is 8.42 Å². The fraction of sp³-hybridized carbons (Fsp3) is 0.400. The molecule has 2 rings (SSSR count). The van der Waals surface area contributed by atoms with Crippen LogP contribution >= 0.6 is 0 Å². The molecule has 0 radical (unpaired) electrons. The standard InChI is InChI=1S/C20H28N2O4S/c1-16(18-7-11-20(12-8-18)27(23,24)22(2)3)21-15-17-5-9-19(10-6-17)26-14-13-25-4/h5-12,16,21H,13-15H2,1-4H3. The Morgan fingerprint density at radius 3 is 2.19 bits per heavy atom. The van der Waals surface area contributed by atoms with Gasteiger partial charge in [-0.3, -0.25) is 0 Å².